The highest BCUT2D eigenvalue weighted by atomic mass is 35.5. The molecule has 1 aliphatic heterocycles. The highest BCUT2D eigenvalue weighted by Crippen LogP contribution is 2.30. The average molecular weight is 275 g/mol. The minimum Gasteiger partial charge on any atom is -0.237 e. The normalized spacial score (nSPS) is 19.9. The van der Waals surface area contributed by atoms with Crippen molar-refractivity contribution >= 4 is 28.9 Å². The van der Waals surface area contributed by atoms with Gasteiger partial charge in [-0.1, -0.05) is 23.2 Å². The Morgan fingerprint density at radius 1 is 1.18 bits per heavy atom. The lowest BCUT2D eigenvalue weighted by Gasteiger charge is -2.35. The molecule has 1 fully saturated rings. The molecule has 17 heavy (non-hydrogen) atoms. The van der Waals surface area contributed by atoms with E-state index in [-0.39, 0.29) is 0 Å². The SMILES string of the molecule is CN[N+]1(c2cnc(Cl)c(Cl)c2)CCCCCC1. The molecule has 0 saturated carbocycles. The number of aromatic nitrogens is 1. The van der Waals surface area contributed by atoms with Gasteiger partial charge in [0.2, 0.25) is 0 Å². The van der Waals surface area contributed by atoms with Crippen molar-refractivity contribution in [1.29, 1.82) is 0 Å². The number of hydrogen-bond acceptors (Lipinski definition) is 2. The largest absolute Gasteiger partial charge is 0.237 e. The molecule has 1 aliphatic rings. The lowest BCUT2D eigenvalue weighted by Crippen LogP contribution is -2.58. The van der Waals surface area contributed by atoms with Gasteiger partial charge in [-0.3, -0.25) is 0 Å². The quantitative estimate of drug-likeness (QED) is 0.661. The Labute approximate surface area is 112 Å². The molecule has 0 spiro atoms. The van der Waals surface area contributed by atoms with Crippen LogP contribution in [-0.2, 0) is 0 Å². The van der Waals surface area contributed by atoms with Gasteiger partial charge in [-0.05, 0) is 25.7 Å². The van der Waals surface area contributed by atoms with Crippen LogP contribution < -0.4 is 10.0 Å². The van der Waals surface area contributed by atoms with Gasteiger partial charge >= 0.3 is 0 Å². The molecule has 1 saturated heterocycles. The Morgan fingerprint density at radius 2 is 1.82 bits per heavy atom. The number of quaternary nitrogens is 1. The first-order valence-corrected chi connectivity index (χ1v) is 6.81. The molecular weight excluding hydrogens is 257 g/mol. The number of nitrogens with one attached hydrogen (secondary N) is 1. The Hall–Kier alpha value is -0.350. The first kappa shape index (κ1) is 13.1. The fourth-order valence-corrected chi connectivity index (χ4v) is 2.75. The maximum absolute atomic E-state index is 6.06. The Morgan fingerprint density at radius 3 is 2.35 bits per heavy atom. The molecular formula is C12H18Cl2N3+. The monoisotopic (exact) mass is 274 g/mol. The standard InChI is InChI=1S/C12H18Cl2N3/c1-15-17(6-4-2-3-5-7-17)10-8-11(13)12(14)16-9-10/h8-9,15H,2-7H2,1H3/q+1. The van der Waals surface area contributed by atoms with Crippen LogP contribution in [0, 0.1) is 0 Å². The van der Waals surface area contributed by atoms with E-state index in [1.807, 2.05) is 19.3 Å². The third kappa shape index (κ3) is 2.74. The second-order valence-corrected chi connectivity index (χ2v) is 5.28. The zero-order valence-electron chi connectivity index (χ0n) is 10.0. The number of nitrogens with zero attached hydrogens (tertiary/aromatic N) is 2. The maximum atomic E-state index is 6.06. The van der Waals surface area contributed by atoms with E-state index < -0.39 is 0 Å². The number of pyridine rings is 1. The third-order valence-electron chi connectivity index (χ3n) is 3.53. The zero-order chi connectivity index (χ0) is 12.3. The molecule has 0 amide bonds. The van der Waals surface area contributed by atoms with Crippen molar-refractivity contribution in [3.8, 4) is 0 Å². The average Bonchev–Trinajstić information content (AvgIpc) is 2.59. The van der Waals surface area contributed by atoms with E-state index in [0.29, 0.717) is 10.2 Å². The molecule has 3 nitrogen and oxygen atoms in total. The lowest BCUT2D eigenvalue weighted by molar-refractivity contribution is 0.216. The molecule has 0 unspecified atom stereocenters. The molecule has 1 N–H and O–H groups in total. The molecule has 0 bridgehead atoms. The maximum Gasteiger partial charge on any atom is 0.172 e. The fourth-order valence-electron chi connectivity index (χ4n) is 2.48. The van der Waals surface area contributed by atoms with E-state index in [0.717, 1.165) is 23.4 Å². The molecule has 0 atom stereocenters. The summed E-state index contributed by atoms with van der Waals surface area (Å²) in [6, 6.07) is 1.93. The van der Waals surface area contributed by atoms with E-state index in [4.69, 9.17) is 23.2 Å². The van der Waals surface area contributed by atoms with Crippen LogP contribution in [0.25, 0.3) is 0 Å². The number of halogens is 2. The second-order valence-electron chi connectivity index (χ2n) is 4.52. The Balaban J connectivity index is 2.35. The van der Waals surface area contributed by atoms with Crippen molar-refractivity contribution in [2.45, 2.75) is 25.7 Å². The van der Waals surface area contributed by atoms with Crippen molar-refractivity contribution in [2.75, 3.05) is 20.1 Å². The molecule has 1 aromatic rings. The Kier molecular flexibility index (Phi) is 4.26. The first-order chi connectivity index (χ1) is 8.18. The van der Waals surface area contributed by atoms with Crippen LogP contribution in [0.15, 0.2) is 12.3 Å². The van der Waals surface area contributed by atoms with Gasteiger partial charge in [0.25, 0.3) is 0 Å². The smallest absolute Gasteiger partial charge is 0.172 e. The first-order valence-electron chi connectivity index (χ1n) is 6.06. The van der Waals surface area contributed by atoms with E-state index >= 15 is 0 Å². The second kappa shape index (κ2) is 5.53. The third-order valence-corrected chi connectivity index (χ3v) is 4.22. The van der Waals surface area contributed by atoms with Gasteiger partial charge in [0.1, 0.15) is 18.2 Å². The minimum atomic E-state index is 0.375. The van der Waals surface area contributed by atoms with Gasteiger partial charge in [-0.25, -0.2) is 9.58 Å². The van der Waals surface area contributed by atoms with Crippen LogP contribution in [0.2, 0.25) is 10.2 Å². The molecule has 5 heteroatoms. The van der Waals surface area contributed by atoms with Crippen molar-refractivity contribution in [1.82, 2.24) is 15.0 Å². The summed E-state index contributed by atoms with van der Waals surface area (Å²) in [5.41, 5.74) is 4.52. The molecule has 94 valence electrons. The molecule has 0 radical (unpaired) electrons. The summed E-state index contributed by atoms with van der Waals surface area (Å²) in [7, 11) is 1.99. The van der Waals surface area contributed by atoms with E-state index in [2.05, 4.69) is 10.4 Å². The van der Waals surface area contributed by atoms with Crippen LogP contribution in [0.4, 0.5) is 5.69 Å². The van der Waals surface area contributed by atoms with Crippen LogP contribution in [0.1, 0.15) is 25.7 Å². The highest BCUT2D eigenvalue weighted by molar-refractivity contribution is 6.41. The van der Waals surface area contributed by atoms with E-state index in [1.54, 1.807) is 0 Å². The summed E-state index contributed by atoms with van der Waals surface area (Å²) in [5, 5.41) is 0.903. The van der Waals surface area contributed by atoms with Gasteiger partial charge < -0.3 is 0 Å². The van der Waals surface area contributed by atoms with Crippen LogP contribution in [-0.4, -0.2) is 25.1 Å². The summed E-state index contributed by atoms with van der Waals surface area (Å²) in [4.78, 5) is 4.16. The van der Waals surface area contributed by atoms with Crippen molar-refractivity contribution in [3.63, 3.8) is 0 Å². The van der Waals surface area contributed by atoms with E-state index in [1.165, 1.54) is 25.7 Å². The highest BCUT2D eigenvalue weighted by Gasteiger charge is 2.31. The van der Waals surface area contributed by atoms with E-state index in [9.17, 15) is 0 Å². The summed E-state index contributed by atoms with van der Waals surface area (Å²) < 4.78 is 0.754. The number of rotatable bonds is 2. The summed E-state index contributed by atoms with van der Waals surface area (Å²) in [6.45, 7) is 2.16. The fraction of sp³-hybridized carbons (Fsp3) is 0.583. The van der Waals surface area contributed by atoms with Gasteiger partial charge in [-0.15, -0.1) is 0 Å². The minimum absolute atomic E-state index is 0.375. The van der Waals surface area contributed by atoms with Crippen molar-refractivity contribution in [2.24, 2.45) is 0 Å². The molecule has 1 aromatic heterocycles. The van der Waals surface area contributed by atoms with Crippen LogP contribution in [0.3, 0.4) is 0 Å². The van der Waals surface area contributed by atoms with Gasteiger partial charge in [0.15, 0.2) is 5.69 Å². The van der Waals surface area contributed by atoms with Crippen molar-refractivity contribution < 1.29 is 0 Å². The van der Waals surface area contributed by atoms with Crippen LogP contribution in [0.5, 0.6) is 0 Å². The summed E-state index contributed by atoms with van der Waals surface area (Å²) in [6.07, 6.45) is 6.88. The lowest BCUT2D eigenvalue weighted by atomic mass is 10.2. The predicted octanol–water partition coefficient (Wildman–Crippen LogP) is 3.40. The van der Waals surface area contributed by atoms with Crippen molar-refractivity contribution in [3.05, 3.63) is 22.4 Å². The zero-order valence-corrected chi connectivity index (χ0v) is 11.6. The number of hydrogen-bond donors (Lipinski definition) is 1. The van der Waals surface area contributed by atoms with Gasteiger partial charge in [0, 0.05) is 13.1 Å². The molecule has 2 heterocycles. The molecule has 0 aromatic carbocycles. The Bertz CT molecular complexity index is 387. The van der Waals surface area contributed by atoms with Crippen LogP contribution >= 0.6 is 23.2 Å². The molecule has 0 aliphatic carbocycles. The van der Waals surface area contributed by atoms with Gasteiger partial charge in [0.05, 0.1) is 11.2 Å². The topological polar surface area (TPSA) is 24.9 Å². The summed E-state index contributed by atoms with van der Waals surface area (Å²) >= 11 is 11.9. The van der Waals surface area contributed by atoms with Gasteiger partial charge in [-0.2, -0.15) is 5.43 Å². The summed E-state index contributed by atoms with van der Waals surface area (Å²) in [5.74, 6) is 0. The predicted molar refractivity (Wildman–Crippen MR) is 73.3 cm³/mol. The molecule has 2 rings (SSSR count).